The zero-order valence-corrected chi connectivity index (χ0v) is 12.1. The molecule has 0 bridgehead atoms. The minimum absolute atomic E-state index is 0.0953. The highest BCUT2D eigenvalue weighted by molar-refractivity contribution is 6.34. The Labute approximate surface area is 121 Å². The van der Waals surface area contributed by atoms with Gasteiger partial charge in [0.25, 0.3) is 0 Å². The summed E-state index contributed by atoms with van der Waals surface area (Å²) in [5, 5.41) is 4.22. The highest BCUT2D eigenvalue weighted by Gasteiger charge is 2.15. The van der Waals surface area contributed by atoms with Crippen molar-refractivity contribution in [3.8, 4) is 0 Å². The molecule has 0 aliphatic rings. The first-order chi connectivity index (χ1) is 9.47. The van der Waals surface area contributed by atoms with E-state index in [0.29, 0.717) is 23.9 Å². The van der Waals surface area contributed by atoms with Gasteiger partial charge in [-0.1, -0.05) is 25.4 Å². The summed E-state index contributed by atoms with van der Waals surface area (Å²) in [4.78, 5) is 16.3. The van der Waals surface area contributed by atoms with Gasteiger partial charge in [-0.2, -0.15) is 5.10 Å². The summed E-state index contributed by atoms with van der Waals surface area (Å²) < 4.78 is 14.7. The van der Waals surface area contributed by atoms with Crippen molar-refractivity contribution in [2.75, 3.05) is 0 Å². The Kier molecular flexibility index (Phi) is 4.49. The molecule has 0 saturated carbocycles. The smallest absolute Gasteiger partial charge is 0.171 e. The first-order valence-electron chi connectivity index (χ1n) is 6.32. The average Bonchev–Trinajstić information content (AvgIpc) is 2.75. The van der Waals surface area contributed by atoms with E-state index in [1.54, 1.807) is 4.68 Å². The molecule has 106 valence electrons. The minimum atomic E-state index is -0.463. The van der Waals surface area contributed by atoms with E-state index in [9.17, 15) is 9.18 Å². The minimum Gasteiger partial charge on any atom is -0.294 e. The summed E-state index contributed by atoms with van der Waals surface area (Å²) in [5.41, 5.74) is 0.298. The van der Waals surface area contributed by atoms with Crippen LogP contribution in [0.25, 0.3) is 0 Å². The van der Waals surface area contributed by atoms with Gasteiger partial charge in [-0.05, 0) is 24.1 Å². The van der Waals surface area contributed by atoms with Gasteiger partial charge in [-0.25, -0.2) is 14.1 Å². The normalized spacial score (nSPS) is 11.1. The van der Waals surface area contributed by atoms with Gasteiger partial charge in [-0.3, -0.25) is 4.79 Å². The number of ketones is 1. The van der Waals surface area contributed by atoms with Crippen LogP contribution in [0, 0.1) is 11.7 Å². The third-order valence-electron chi connectivity index (χ3n) is 2.78. The summed E-state index contributed by atoms with van der Waals surface area (Å²) >= 11 is 5.88. The number of halogens is 2. The Hall–Kier alpha value is -1.75. The molecule has 2 rings (SSSR count). The molecule has 4 nitrogen and oxygen atoms in total. The van der Waals surface area contributed by atoms with E-state index in [4.69, 9.17) is 11.6 Å². The van der Waals surface area contributed by atoms with Crippen molar-refractivity contribution in [2.45, 2.75) is 26.8 Å². The van der Waals surface area contributed by atoms with Crippen LogP contribution < -0.4 is 0 Å². The Morgan fingerprint density at radius 1 is 1.45 bits per heavy atom. The highest BCUT2D eigenvalue weighted by Crippen LogP contribution is 2.19. The SMILES string of the molecule is CC(C)Cn1ncnc1CC(=O)c1ccc(F)cc1Cl. The van der Waals surface area contributed by atoms with Crippen molar-refractivity contribution < 1.29 is 9.18 Å². The molecule has 1 aromatic carbocycles. The Morgan fingerprint density at radius 2 is 2.20 bits per heavy atom. The zero-order chi connectivity index (χ0) is 14.7. The van der Waals surface area contributed by atoms with Gasteiger partial charge in [-0.15, -0.1) is 0 Å². The summed E-state index contributed by atoms with van der Waals surface area (Å²) in [6.07, 6.45) is 1.52. The molecule has 1 aromatic heterocycles. The molecule has 0 saturated heterocycles. The second-order valence-electron chi connectivity index (χ2n) is 4.98. The second kappa shape index (κ2) is 6.13. The predicted molar refractivity (Wildman–Crippen MR) is 74.3 cm³/mol. The van der Waals surface area contributed by atoms with Crippen molar-refractivity contribution >= 4 is 17.4 Å². The first-order valence-corrected chi connectivity index (χ1v) is 6.70. The van der Waals surface area contributed by atoms with Crippen molar-refractivity contribution in [3.63, 3.8) is 0 Å². The van der Waals surface area contributed by atoms with E-state index in [-0.39, 0.29) is 17.2 Å². The van der Waals surface area contributed by atoms with Crippen LogP contribution in [-0.2, 0) is 13.0 Å². The van der Waals surface area contributed by atoms with Gasteiger partial charge in [0.15, 0.2) is 5.78 Å². The molecule has 1 heterocycles. The number of aromatic nitrogens is 3. The fourth-order valence-corrected chi connectivity index (χ4v) is 2.15. The van der Waals surface area contributed by atoms with Gasteiger partial charge < -0.3 is 0 Å². The molecule has 0 atom stereocenters. The van der Waals surface area contributed by atoms with Crippen molar-refractivity contribution in [1.29, 1.82) is 0 Å². The maximum Gasteiger partial charge on any atom is 0.171 e. The van der Waals surface area contributed by atoms with E-state index in [1.165, 1.54) is 18.5 Å². The number of carbonyl (C=O) groups excluding carboxylic acids is 1. The number of hydrogen-bond donors (Lipinski definition) is 0. The number of nitrogens with zero attached hydrogens (tertiary/aromatic N) is 3. The molecule has 0 N–H and O–H groups in total. The van der Waals surface area contributed by atoms with Crippen LogP contribution in [-0.4, -0.2) is 20.5 Å². The molecule has 0 aliphatic carbocycles. The maximum atomic E-state index is 13.0. The fourth-order valence-electron chi connectivity index (χ4n) is 1.88. The number of hydrogen-bond acceptors (Lipinski definition) is 3. The maximum absolute atomic E-state index is 13.0. The highest BCUT2D eigenvalue weighted by atomic mass is 35.5. The molecular weight excluding hydrogens is 281 g/mol. The molecule has 0 aliphatic heterocycles. The van der Waals surface area contributed by atoms with Gasteiger partial charge in [0.1, 0.15) is 18.0 Å². The number of benzene rings is 1. The fraction of sp³-hybridized carbons (Fsp3) is 0.357. The van der Waals surface area contributed by atoms with Gasteiger partial charge >= 0.3 is 0 Å². The molecule has 2 aromatic rings. The van der Waals surface area contributed by atoms with E-state index >= 15 is 0 Å². The van der Waals surface area contributed by atoms with E-state index < -0.39 is 5.82 Å². The molecule has 0 radical (unpaired) electrons. The molecule has 0 amide bonds. The third kappa shape index (κ3) is 3.42. The number of carbonyl (C=O) groups is 1. The van der Waals surface area contributed by atoms with Crippen LogP contribution in [0.2, 0.25) is 5.02 Å². The average molecular weight is 296 g/mol. The van der Waals surface area contributed by atoms with Crippen molar-refractivity contribution in [2.24, 2.45) is 5.92 Å². The quantitative estimate of drug-likeness (QED) is 0.796. The Morgan fingerprint density at radius 3 is 2.85 bits per heavy atom. The lowest BCUT2D eigenvalue weighted by Gasteiger charge is -2.08. The lowest BCUT2D eigenvalue weighted by molar-refractivity contribution is 0.0989. The van der Waals surface area contributed by atoms with E-state index in [0.717, 1.165) is 6.07 Å². The Balaban J connectivity index is 2.17. The van der Waals surface area contributed by atoms with Crippen LogP contribution >= 0.6 is 11.6 Å². The lowest BCUT2D eigenvalue weighted by atomic mass is 10.1. The summed E-state index contributed by atoms with van der Waals surface area (Å²) in [7, 11) is 0. The predicted octanol–water partition coefficient (Wildman–Crippen LogP) is 3.15. The first kappa shape index (κ1) is 14.7. The van der Waals surface area contributed by atoms with Gasteiger partial charge in [0.2, 0.25) is 0 Å². The van der Waals surface area contributed by atoms with Crippen LogP contribution in [0.15, 0.2) is 24.5 Å². The monoisotopic (exact) mass is 295 g/mol. The van der Waals surface area contributed by atoms with Crippen LogP contribution in [0.4, 0.5) is 4.39 Å². The molecule has 6 heteroatoms. The van der Waals surface area contributed by atoms with Crippen LogP contribution in [0.5, 0.6) is 0 Å². The third-order valence-corrected chi connectivity index (χ3v) is 3.10. The van der Waals surface area contributed by atoms with Crippen LogP contribution in [0.1, 0.15) is 30.0 Å². The van der Waals surface area contributed by atoms with Crippen LogP contribution in [0.3, 0.4) is 0 Å². The van der Waals surface area contributed by atoms with Crippen molar-refractivity contribution in [1.82, 2.24) is 14.8 Å². The second-order valence-corrected chi connectivity index (χ2v) is 5.38. The topological polar surface area (TPSA) is 47.8 Å². The van der Waals surface area contributed by atoms with Crippen molar-refractivity contribution in [3.05, 3.63) is 46.8 Å². The Bertz CT molecular complexity index is 625. The largest absolute Gasteiger partial charge is 0.294 e. The van der Waals surface area contributed by atoms with E-state index in [1.807, 2.05) is 0 Å². The summed E-state index contributed by atoms with van der Waals surface area (Å²) in [5.74, 6) is 0.326. The molecule has 20 heavy (non-hydrogen) atoms. The molecule has 0 fully saturated rings. The molecule has 0 spiro atoms. The standard InChI is InChI=1S/C14H15ClFN3O/c1-9(2)7-19-14(17-8-18-19)6-13(20)11-4-3-10(16)5-12(11)15/h3-5,8-9H,6-7H2,1-2H3. The number of rotatable bonds is 5. The summed E-state index contributed by atoms with van der Waals surface area (Å²) in [6.45, 7) is 4.81. The van der Waals surface area contributed by atoms with Gasteiger partial charge in [0, 0.05) is 12.1 Å². The number of Topliss-reactive ketones (excluding diaryl/α,β-unsaturated/α-hetero) is 1. The molecule has 0 unspecified atom stereocenters. The van der Waals surface area contributed by atoms with Gasteiger partial charge in [0.05, 0.1) is 11.4 Å². The molecular formula is C14H15ClFN3O. The van der Waals surface area contributed by atoms with E-state index in [2.05, 4.69) is 23.9 Å². The summed E-state index contributed by atoms with van der Waals surface area (Å²) in [6, 6.07) is 3.74. The lowest BCUT2D eigenvalue weighted by Crippen LogP contribution is -2.14. The zero-order valence-electron chi connectivity index (χ0n) is 11.3.